The van der Waals surface area contributed by atoms with Crippen LogP contribution in [-0.2, 0) is 0 Å². The van der Waals surface area contributed by atoms with Crippen LogP contribution < -0.4 is 5.32 Å². The molecule has 1 atom stereocenters. The van der Waals surface area contributed by atoms with Crippen molar-refractivity contribution in [1.82, 2.24) is 4.98 Å². The molecule has 98 valence electrons. The summed E-state index contributed by atoms with van der Waals surface area (Å²) in [6.07, 6.45) is 1.98. The molecule has 3 heteroatoms. The SMILES string of the molecule is Cc1cc(C(C)Nc2ccc3[nH]ccc3c2)c(C)s1. The molecule has 3 rings (SSSR count). The lowest BCUT2D eigenvalue weighted by Gasteiger charge is -2.15. The molecule has 2 nitrogen and oxygen atoms in total. The van der Waals surface area contributed by atoms with Crippen LogP contribution in [0.4, 0.5) is 5.69 Å². The van der Waals surface area contributed by atoms with E-state index >= 15 is 0 Å². The fourth-order valence-corrected chi connectivity index (χ4v) is 3.57. The van der Waals surface area contributed by atoms with Crippen LogP contribution in [0.25, 0.3) is 10.9 Å². The Morgan fingerprint density at radius 2 is 2.00 bits per heavy atom. The Balaban J connectivity index is 1.85. The van der Waals surface area contributed by atoms with Crippen LogP contribution in [0.15, 0.2) is 36.5 Å². The van der Waals surface area contributed by atoms with E-state index in [9.17, 15) is 0 Å². The first-order valence-electron chi connectivity index (χ1n) is 6.54. The quantitative estimate of drug-likeness (QED) is 0.687. The zero-order valence-corrected chi connectivity index (χ0v) is 12.3. The molecule has 1 unspecified atom stereocenters. The fraction of sp³-hybridized carbons (Fsp3) is 0.250. The van der Waals surface area contributed by atoms with Gasteiger partial charge in [0.15, 0.2) is 0 Å². The maximum absolute atomic E-state index is 3.59. The number of rotatable bonds is 3. The molecule has 0 aliphatic carbocycles. The van der Waals surface area contributed by atoms with Gasteiger partial charge in [-0.1, -0.05) is 0 Å². The van der Waals surface area contributed by atoms with Gasteiger partial charge in [-0.2, -0.15) is 0 Å². The number of fused-ring (bicyclic) bond motifs is 1. The first-order valence-corrected chi connectivity index (χ1v) is 7.36. The highest BCUT2D eigenvalue weighted by Crippen LogP contribution is 2.29. The Bertz CT molecular complexity index is 708. The maximum atomic E-state index is 3.59. The molecule has 0 spiro atoms. The van der Waals surface area contributed by atoms with Gasteiger partial charge in [0.2, 0.25) is 0 Å². The molecule has 19 heavy (non-hydrogen) atoms. The minimum Gasteiger partial charge on any atom is -0.378 e. The summed E-state index contributed by atoms with van der Waals surface area (Å²) in [6.45, 7) is 6.58. The van der Waals surface area contributed by atoms with E-state index in [2.05, 4.69) is 61.4 Å². The van der Waals surface area contributed by atoms with Gasteiger partial charge in [-0.3, -0.25) is 0 Å². The van der Waals surface area contributed by atoms with Gasteiger partial charge in [-0.15, -0.1) is 11.3 Å². The zero-order chi connectivity index (χ0) is 13.4. The van der Waals surface area contributed by atoms with Gasteiger partial charge < -0.3 is 10.3 Å². The van der Waals surface area contributed by atoms with Gasteiger partial charge in [-0.05, 0) is 56.7 Å². The van der Waals surface area contributed by atoms with E-state index in [1.807, 2.05) is 17.5 Å². The van der Waals surface area contributed by atoms with Crippen LogP contribution in [0.1, 0.15) is 28.3 Å². The summed E-state index contributed by atoms with van der Waals surface area (Å²) in [5, 5.41) is 4.83. The van der Waals surface area contributed by atoms with E-state index in [0.29, 0.717) is 6.04 Å². The normalized spacial score (nSPS) is 12.8. The molecule has 1 aromatic carbocycles. The van der Waals surface area contributed by atoms with Gasteiger partial charge in [0.25, 0.3) is 0 Å². The highest BCUT2D eigenvalue weighted by Gasteiger charge is 2.11. The van der Waals surface area contributed by atoms with Crippen LogP contribution >= 0.6 is 11.3 Å². The number of thiophene rings is 1. The number of anilines is 1. The molecule has 3 aromatic rings. The minimum absolute atomic E-state index is 0.335. The van der Waals surface area contributed by atoms with Crippen molar-refractivity contribution in [1.29, 1.82) is 0 Å². The molecule has 0 saturated carbocycles. The fourth-order valence-electron chi connectivity index (χ4n) is 2.55. The smallest absolute Gasteiger partial charge is 0.0496 e. The number of hydrogen-bond acceptors (Lipinski definition) is 2. The molecule has 0 bridgehead atoms. The summed E-state index contributed by atoms with van der Waals surface area (Å²) in [6, 6.07) is 11.2. The molecule has 0 aliphatic heterocycles. The molecule has 2 heterocycles. The number of H-pyrrole nitrogens is 1. The molecule has 0 aliphatic rings. The summed E-state index contributed by atoms with van der Waals surface area (Å²) < 4.78 is 0. The summed E-state index contributed by atoms with van der Waals surface area (Å²) in [5.41, 5.74) is 3.75. The zero-order valence-electron chi connectivity index (χ0n) is 11.4. The Morgan fingerprint density at radius 3 is 2.74 bits per heavy atom. The maximum Gasteiger partial charge on any atom is 0.0496 e. The number of hydrogen-bond donors (Lipinski definition) is 2. The van der Waals surface area contributed by atoms with Gasteiger partial charge >= 0.3 is 0 Å². The summed E-state index contributed by atoms with van der Waals surface area (Å²) in [7, 11) is 0. The number of nitrogens with one attached hydrogen (secondary N) is 2. The standard InChI is InChI=1S/C16H18N2S/c1-10-8-15(12(3)19-10)11(2)18-14-4-5-16-13(9-14)6-7-17-16/h4-9,11,17-18H,1-3H3. The van der Waals surface area contributed by atoms with Crippen molar-refractivity contribution in [3.63, 3.8) is 0 Å². The second-order valence-corrected chi connectivity index (χ2v) is 6.47. The van der Waals surface area contributed by atoms with Gasteiger partial charge in [0.1, 0.15) is 0 Å². The highest BCUT2D eigenvalue weighted by molar-refractivity contribution is 7.12. The van der Waals surface area contributed by atoms with E-state index in [0.717, 1.165) is 0 Å². The molecular formula is C16H18N2S. The van der Waals surface area contributed by atoms with Crippen molar-refractivity contribution >= 4 is 27.9 Å². The van der Waals surface area contributed by atoms with Crippen molar-refractivity contribution in [2.75, 3.05) is 5.32 Å². The van der Waals surface area contributed by atoms with Crippen LogP contribution in [-0.4, -0.2) is 4.98 Å². The largest absolute Gasteiger partial charge is 0.378 e. The number of benzene rings is 1. The molecule has 0 saturated heterocycles. The Labute approximate surface area is 117 Å². The summed E-state index contributed by atoms with van der Waals surface area (Å²) in [4.78, 5) is 6.00. The van der Waals surface area contributed by atoms with E-state index < -0.39 is 0 Å². The van der Waals surface area contributed by atoms with Crippen molar-refractivity contribution < 1.29 is 0 Å². The molecule has 0 fully saturated rings. The number of aryl methyl sites for hydroxylation is 2. The lowest BCUT2D eigenvalue weighted by Crippen LogP contribution is -2.06. The van der Waals surface area contributed by atoms with Gasteiger partial charge in [0, 0.05) is 38.6 Å². The Kier molecular flexibility index (Phi) is 3.07. The lowest BCUT2D eigenvalue weighted by atomic mass is 10.1. The molecule has 0 radical (unpaired) electrons. The van der Waals surface area contributed by atoms with Crippen LogP contribution in [0.5, 0.6) is 0 Å². The first kappa shape index (κ1) is 12.3. The van der Waals surface area contributed by atoms with Crippen LogP contribution in [0, 0.1) is 13.8 Å². The monoisotopic (exact) mass is 270 g/mol. The van der Waals surface area contributed by atoms with Crippen LogP contribution in [0.2, 0.25) is 0 Å². The summed E-state index contributed by atoms with van der Waals surface area (Å²) in [5.74, 6) is 0. The van der Waals surface area contributed by atoms with Gasteiger partial charge in [0.05, 0.1) is 0 Å². The predicted molar refractivity (Wildman–Crippen MR) is 84.1 cm³/mol. The summed E-state index contributed by atoms with van der Waals surface area (Å²) >= 11 is 1.87. The Hall–Kier alpha value is -1.74. The molecule has 2 N–H and O–H groups in total. The third kappa shape index (κ3) is 2.38. The molecule has 2 aromatic heterocycles. The minimum atomic E-state index is 0.335. The average molecular weight is 270 g/mol. The van der Waals surface area contributed by atoms with Crippen LogP contribution in [0.3, 0.4) is 0 Å². The van der Waals surface area contributed by atoms with E-state index in [1.54, 1.807) is 0 Å². The first-order chi connectivity index (χ1) is 9.13. The predicted octanol–water partition coefficient (Wildman–Crippen LogP) is 5.02. The second-order valence-electron chi connectivity index (χ2n) is 5.01. The van der Waals surface area contributed by atoms with Crippen molar-refractivity contribution in [3.8, 4) is 0 Å². The van der Waals surface area contributed by atoms with E-state index in [4.69, 9.17) is 0 Å². The number of aromatic nitrogens is 1. The van der Waals surface area contributed by atoms with E-state index in [1.165, 1.54) is 31.9 Å². The topological polar surface area (TPSA) is 27.8 Å². The van der Waals surface area contributed by atoms with Crippen molar-refractivity contribution in [2.45, 2.75) is 26.8 Å². The number of aromatic amines is 1. The average Bonchev–Trinajstić information content (AvgIpc) is 2.94. The molecule has 0 amide bonds. The third-order valence-corrected chi connectivity index (χ3v) is 4.46. The lowest BCUT2D eigenvalue weighted by molar-refractivity contribution is 0.882. The van der Waals surface area contributed by atoms with E-state index in [-0.39, 0.29) is 0 Å². The van der Waals surface area contributed by atoms with Gasteiger partial charge in [-0.25, -0.2) is 0 Å². The Morgan fingerprint density at radius 1 is 1.16 bits per heavy atom. The highest BCUT2D eigenvalue weighted by atomic mass is 32.1. The third-order valence-electron chi connectivity index (χ3n) is 3.48. The van der Waals surface area contributed by atoms with Crippen molar-refractivity contribution in [2.24, 2.45) is 0 Å². The van der Waals surface area contributed by atoms with Crippen molar-refractivity contribution in [3.05, 3.63) is 51.8 Å². The molecular weight excluding hydrogens is 252 g/mol. The second kappa shape index (κ2) is 4.74.